The van der Waals surface area contributed by atoms with Gasteiger partial charge < -0.3 is 9.84 Å². The standard InChI is InChI=1S/C22H27NO3/c1-13-14(2)16(4)20-19(15(13)3)22(5,9-11-26-20)8-6-17-12-23-10-7-18(17)21(24)25/h7,10,12H,6,8-9,11H2,1-5H3,(H,24,25). The summed E-state index contributed by atoms with van der Waals surface area (Å²) in [5.74, 6) is 0.141. The van der Waals surface area contributed by atoms with Crippen LogP contribution >= 0.6 is 0 Å². The number of aryl methyl sites for hydroxylation is 1. The van der Waals surface area contributed by atoms with Crippen molar-refractivity contribution < 1.29 is 14.6 Å². The average molecular weight is 353 g/mol. The minimum atomic E-state index is -0.890. The van der Waals surface area contributed by atoms with Gasteiger partial charge in [-0.2, -0.15) is 0 Å². The zero-order valence-corrected chi connectivity index (χ0v) is 16.3. The second-order valence-corrected chi connectivity index (χ2v) is 7.70. The first-order valence-corrected chi connectivity index (χ1v) is 9.16. The van der Waals surface area contributed by atoms with Gasteiger partial charge in [0.15, 0.2) is 0 Å². The Morgan fingerprint density at radius 2 is 1.88 bits per heavy atom. The number of hydrogen-bond acceptors (Lipinski definition) is 3. The van der Waals surface area contributed by atoms with Crippen molar-refractivity contribution in [2.24, 2.45) is 0 Å². The lowest BCUT2D eigenvalue weighted by Gasteiger charge is -2.39. The number of carboxylic acids is 1. The number of benzene rings is 1. The lowest BCUT2D eigenvalue weighted by molar-refractivity contribution is 0.0695. The Hall–Kier alpha value is -2.36. The smallest absolute Gasteiger partial charge is 0.336 e. The van der Waals surface area contributed by atoms with Crippen LogP contribution in [0.2, 0.25) is 0 Å². The fraction of sp³-hybridized carbons (Fsp3) is 0.455. The van der Waals surface area contributed by atoms with Gasteiger partial charge in [0.2, 0.25) is 0 Å². The van der Waals surface area contributed by atoms with Gasteiger partial charge in [-0.15, -0.1) is 0 Å². The van der Waals surface area contributed by atoms with Gasteiger partial charge in [0.05, 0.1) is 12.2 Å². The molecule has 2 heterocycles. The van der Waals surface area contributed by atoms with E-state index in [-0.39, 0.29) is 5.41 Å². The van der Waals surface area contributed by atoms with E-state index in [2.05, 4.69) is 39.6 Å². The predicted molar refractivity (Wildman–Crippen MR) is 102 cm³/mol. The highest BCUT2D eigenvalue weighted by Crippen LogP contribution is 2.47. The average Bonchev–Trinajstić information content (AvgIpc) is 2.63. The zero-order chi connectivity index (χ0) is 19.1. The Morgan fingerprint density at radius 3 is 2.58 bits per heavy atom. The molecule has 0 saturated heterocycles. The van der Waals surface area contributed by atoms with Crippen LogP contribution in [0.1, 0.15) is 63.5 Å². The van der Waals surface area contributed by atoms with E-state index in [0.717, 1.165) is 24.2 Å². The van der Waals surface area contributed by atoms with E-state index in [9.17, 15) is 9.90 Å². The topological polar surface area (TPSA) is 59.4 Å². The van der Waals surface area contributed by atoms with Crippen molar-refractivity contribution in [3.63, 3.8) is 0 Å². The molecule has 0 amide bonds. The monoisotopic (exact) mass is 353 g/mol. The van der Waals surface area contributed by atoms with Crippen molar-refractivity contribution in [1.82, 2.24) is 4.98 Å². The van der Waals surface area contributed by atoms with E-state index in [1.54, 1.807) is 12.3 Å². The molecule has 4 nitrogen and oxygen atoms in total. The van der Waals surface area contributed by atoms with E-state index in [1.807, 2.05) is 0 Å². The third-order valence-corrected chi connectivity index (χ3v) is 6.21. The van der Waals surface area contributed by atoms with Crippen LogP contribution in [0, 0.1) is 27.7 Å². The number of aromatic carboxylic acids is 1. The van der Waals surface area contributed by atoms with E-state index in [1.165, 1.54) is 34.0 Å². The molecule has 1 aromatic heterocycles. The molecule has 1 atom stereocenters. The van der Waals surface area contributed by atoms with Crippen LogP contribution in [-0.2, 0) is 11.8 Å². The Morgan fingerprint density at radius 1 is 1.19 bits per heavy atom. The van der Waals surface area contributed by atoms with Crippen molar-refractivity contribution in [2.45, 2.75) is 59.3 Å². The SMILES string of the molecule is Cc1c(C)c(C)c2c(c1C)OCCC2(C)CCc1cnccc1C(=O)O. The van der Waals surface area contributed by atoms with E-state index in [0.29, 0.717) is 18.6 Å². The van der Waals surface area contributed by atoms with Crippen molar-refractivity contribution in [2.75, 3.05) is 6.61 Å². The summed E-state index contributed by atoms with van der Waals surface area (Å²) in [6.45, 7) is 11.6. The summed E-state index contributed by atoms with van der Waals surface area (Å²) in [6, 6.07) is 1.58. The molecule has 0 aliphatic carbocycles. The summed E-state index contributed by atoms with van der Waals surface area (Å²) in [5.41, 5.74) is 7.56. The second-order valence-electron chi connectivity index (χ2n) is 7.70. The van der Waals surface area contributed by atoms with Crippen molar-refractivity contribution in [1.29, 1.82) is 0 Å². The maximum Gasteiger partial charge on any atom is 0.336 e. The molecule has 2 aromatic rings. The van der Waals surface area contributed by atoms with E-state index >= 15 is 0 Å². The van der Waals surface area contributed by atoms with Crippen LogP contribution in [0.5, 0.6) is 5.75 Å². The number of pyridine rings is 1. The number of carbonyl (C=O) groups is 1. The number of carboxylic acid groups (broad SMARTS) is 1. The maximum atomic E-state index is 11.5. The van der Waals surface area contributed by atoms with Gasteiger partial charge in [0, 0.05) is 18.0 Å². The van der Waals surface area contributed by atoms with Gasteiger partial charge in [-0.05, 0) is 86.3 Å². The van der Waals surface area contributed by atoms with Gasteiger partial charge in [0.1, 0.15) is 5.75 Å². The molecule has 0 radical (unpaired) electrons. The highest BCUT2D eigenvalue weighted by atomic mass is 16.5. The molecule has 1 N–H and O–H groups in total. The number of fused-ring (bicyclic) bond motifs is 1. The van der Waals surface area contributed by atoms with Gasteiger partial charge in [0.25, 0.3) is 0 Å². The van der Waals surface area contributed by atoms with Gasteiger partial charge in [-0.25, -0.2) is 4.79 Å². The molecule has 138 valence electrons. The molecule has 4 heteroatoms. The van der Waals surface area contributed by atoms with Crippen molar-refractivity contribution >= 4 is 5.97 Å². The van der Waals surface area contributed by atoms with Crippen molar-refractivity contribution in [3.05, 3.63) is 57.4 Å². The molecule has 26 heavy (non-hydrogen) atoms. The first-order valence-electron chi connectivity index (χ1n) is 9.16. The minimum Gasteiger partial charge on any atom is -0.493 e. The largest absolute Gasteiger partial charge is 0.493 e. The Balaban J connectivity index is 2.00. The first-order chi connectivity index (χ1) is 12.3. The number of rotatable bonds is 4. The summed E-state index contributed by atoms with van der Waals surface area (Å²) in [5, 5.41) is 9.42. The predicted octanol–water partition coefficient (Wildman–Crippen LogP) is 4.69. The number of ether oxygens (including phenoxy) is 1. The molecule has 1 aliphatic rings. The fourth-order valence-corrected chi connectivity index (χ4v) is 4.18. The van der Waals surface area contributed by atoms with Crippen LogP contribution in [-0.4, -0.2) is 22.7 Å². The third-order valence-electron chi connectivity index (χ3n) is 6.21. The summed E-state index contributed by atoms with van der Waals surface area (Å²) in [4.78, 5) is 15.6. The lowest BCUT2D eigenvalue weighted by atomic mass is 9.70. The summed E-state index contributed by atoms with van der Waals surface area (Å²) < 4.78 is 6.07. The number of hydrogen-bond donors (Lipinski definition) is 1. The van der Waals surface area contributed by atoms with E-state index in [4.69, 9.17) is 4.74 Å². The summed E-state index contributed by atoms with van der Waals surface area (Å²) in [7, 11) is 0. The zero-order valence-electron chi connectivity index (χ0n) is 16.3. The molecule has 0 fully saturated rings. The quantitative estimate of drug-likeness (QED) is 0.866. The molecular weight excluding hydrogens is 326 g/mol. The molecule has 3 rings (SSSR count). The van der Waals surface area contributed by atoms with Gasteiger partial charge in [-0.1, -0.05) is 6.92 Å². The highest BCUT2D eigenvalue weighted by Gasteiger charge is 2.36. The van der Waals surface area contributed by atoms with Crippen molar-refractivity contribution in [3.8, 4) is 5.75 Å². The Bertz CT molecular complexity index is 872. The molecular formula is C22H27NO3. The molecule has 0 spiro atoms. The lowest BCUT2D eigenvalue weighted by Crippen LogP contribution is -2.32. The van der Waals surface area contributed by atoms with Crippen LogP contribution in [0.15, 0.2) is 18.5 Å². The maximum absolute atomic E-state index is 11.5. The van der Waals surface area contributed by atoms with Crippen LogP contribution in [0.25, 0.3) is 0 Å². The van der Waals surface area contributed by atoms with Gasteiger partial charge >= 0.3 is 5.97 Å². The van der Waals surface area contributed by atoms with Crippen LogP contribution in [0.3, 0.4) is 0 Å². The molecule has 1 unspecified atom stereocenters. The number of nitrogens with zero attached hydrogens (tertiary/aromatic N) is 1. The number of aromatic nitrogens is 1. The summed E-state index contributed by atoms with van der Waals surface area (Å²) >= 11 is 0. The minimum absolute atomic E-state index is 0.0352. The first kappa shape index (κ1) is 18.4. The van der Waals surface area contributed by atoms with E-state index < -0.39 is 5.97 Å². The normalized spacial score (nSPS) is 19.0. The molecule has 1 aliphatic heterocycles. The Labute approximate surface area is 155 Å². The summed E-state index contributed by atoms with van der Waals surface area (Å²) in [6.07, 6.45) is 5.73. The molecule has 1 aromatic carbocycles. The molecule has 0 saturated carbocycles. The Kier molecular flexibility index (Phi) is 4.78. The van der Waals surface area contributed by atoms with Crippen LogP contribution in [0.4, 0.5) is 0 Å². The van der Waals surface area contributed by atoms with Crippen LogP contribution < -0.4 is 4.74 Å². The van der Waals surface area contributed by atoms with Gasteiger partial charge in [-0.3, -0.25) is 4.98 Å². The fourth-order valence-electron chi connectivity index (χ4n) is 4.18. The molecule has 0 bridgehead atoms. The third kappa shape index (κ3) is 2.98. The highest BCUT2D eigenvalue weighted by molar-refractivity contribution is 5.89. The second kappa shape index (κ2) is 6.75.